The first kappa shape index (κ1) is 20.8. The molecule has 13 nitrogen and oxygen atoms in total. The van der Waals surface area contributed by atoms with E-state index >= 15 is 0 Å². The van der Waals surface area contributed by atoms with Gasteiger partial charge in [-0.1, -0.05) is 6.92 Å². The molecule has 0 fully saturated rings. The Morgan fingerprint density at radius 2 is 1.96 bits per heavy atom. The number of rotatable bonds is 7. The van der Waals surface area contributed by atoms with Crippen LogP contribution in [-0.4, -0.2) is 70.3 Å². The SMILES string of the molecule is C[C@H](CO)[C@@H](OC(N)=O)[C@@H]1OC(C(=O)O)=C[C@H](N=C(N)N)[C@H]1NC(=O)O. The quantitative estimate of drug-likeness (QED) is 0.186. The van der Waals surface area contributed by atoms with E-state index in [0.717, 1.165) is 6.08 Å². The lowest BCUT2D eigenvalue weighted by atomic mass is 9.89. The minimum Gasteiger partial charge on any atom is -0.477 e. The molecule has 5 atom stereocenters. The second kappa shape index (κ2) is 8.75. The number of carbonyl (C=O) groups is 3. The number of amides is 2. The summed E-state index contributed by atoms with van der Waals surface area (Å²) in [4.78, 5) is 37.5. The summed E-state index contributed by atoms with van der Waals surface area (Å²) in [6.45, 7) is 0.972. The van der Waals surface area contributed by atoms with Crippen LogP contribution < -0.4 is 22.5 Å². The van der Waals surface area contributed by atoms with Crippen molar-refractivity contribution in [3.8, 4) is 0 Å². The van der Waals surface area contributed by atoms with Crippen LogP contribution in [-0.2, 0) is 14.3 Å². The van der Waals surface area contributed by atoms with Crippen LogP contribution >= 0.6 is 0 Å². The summed E-state index contributed by atoms with van der Waals surface area (Å²) in [7, 11) is 0. The molecule has 0 radical (unpaired) electrons. The number of primary amides is 1. The van der Waals surface area contributed by atoms with Crippen LogP contribution in [0, 0.1) is 5.92 Å². The van der Waals surface area contributed by atoms with Crippen LogP contribution in [0.3, 0.4) is 0 Å². The van der Waals surface area contributed by atoms with Crippen molar-refractivity contribution < 1.29 is 39.2 Å². The fraction of sp³-hybridized carbons (Fsp3) is 0.538. The average molecular weight is 375 g/mol. The van der Waals surface area contributed by atoms with E-state index in [9.17, 15) is 24.6 Å². The Morgan fingerprint density at radius 3 is 2.38 bits per heavy atom. The topological polar surface area (TPSA) is 233 Å². The Morgan fingerprint density at radius 1 is 1.35 bits per heavy atom. The van der Waals surface area contributed by atoms with Crippen molar-refractivity contribution in [2.75, 3.05) is 6.61 Å². The molecule has 13 heteroatoms. The minimum absolute atomic E-state index is 0.434. The van der Waals surface area contributed by atoms with Gasteiger partial charge in [0.2, 0.25) is 5.76 Å². The number of carboxylic acids is 1. The highest BCUT2D eigenvalue weighted by atomic mass is 16.6. The smallest absolute Gasteiger partial charge is 0.405 e. The zero-order chi connectivity index (χ0) is 20.0. The van der Waals surface area contributed by atoms with Gasteiger partial charge in [-0.15, -0.1) is 0 Å². The largest absolute Gasteiger partial charge is 0.477 e. The molecule has 1 heterocycles. The number of aliphatic imine (C=N–C) groups is 1. The first-order valence-electron chi connectivity index (χ1n) is 7.33. The van der Waals surface area contributed by atoms with E-state index in [0.29, 0.717) is 0 Å². The lowest BCUT2D eigenvalue weighted by Gasteiger charge is -2.39. The highest BCUT2D eigenvalue weighted by molar-refractivity contribution is 5.85. The van der Waals surface area contributed by atoms with Gasteiger partial charge in [0.25, 0.3) is 0 Å². The van der Waals surface area contributed by atoms with E-state index in [2.05, 4.69) is 10.3 Å². The highest BCUT2D eigenvalue weighted by Crippen LogP contribution is 2.28. The molecule has 0 saturated carbocycles. The van der Waals surface area contributed by atoms with E-state index in [1.165, 1.54) is 6.92 Å². The summed E-state index contributed by atoms with van der Waals surface area (Å²) in [6.07, 6.45) is -4.39. The van der Waals surface area contributed by atoms with Crippen molar-refractivity contribution in [1.82, 2.24) is 5.32 Å². The van der Waals surface area contributed by atoms with Gasteiger partial charge in [0.1, 0.15) is 6.10 Å². The maximum absolute atomic E-state index is 11.3. The minimum atomic E-state index is -1.49. The number of nitrogens with zero attached hydrogens (tertiary/aromatic N) is 1. The second-order valence-electron chi connectivity index (χ2n) is 5.50. The number of carboxylic acid groups (broad SMARTS) is 2. The van der Waals surface area contributed by atoms with Crippen LogP contribution in [0.4, 0.5) is 9.59 Å². The highest BCUT2D eigenvalue weighted by Gasteiger charge is 2.45. The molecule has 0 saturated heterocycles. The van der Waals surface area contributed by atoms with E-state index in [1.54, 1.807) is 0 Å². The van der Waals surface area contributed by atoms with Gasteiger partial charge < -0.3 is 47.3 Å². The summed E-state index contributed by atoms with van der Waals surface area (Å²) in [6, 6.07) is -2.41. The first-order chi connectivity index (χ1) is 12.1. The van der Waals surface area contributed by atoms with Gasteiger partial charge in [0.05, 0.1) is 12.1 Å². The standard InChI is InChI=1S/C13H21N5O8/c1-4(3-19)8(26-12(16)22)9-7(18-13(23)24)5(17-11(14)15)2-6(25-9)10(20)21/h2,4-5,7-9,18-19H,3H2,1H3,(H2,16,22)(H,20,21)(H,23,24)(H4,14,15,17)/t4-,5+,7-,8-,9-/m1/s1. The molecule has 1 aliphatic heterocycles. The van der Waals surface area contributed by atoms with Crippen LogP contribution in [0.15, 0.2) is 16.8 Å². The average Bonchev–Trinajstić information content (AvgIpc) is 2.52. The molecule has 0 bridgehead atoms. The second-order valence-corrected chi connectivity index (χ2v) is 5.50. The zero-order valence-corrected chi connectivity index (χ0v) is 13.7. The molecular weight excluding hydrogens is 354 g/mol. The number of ether oxygens (including phenoxy) is 2. The van der Waals surface area contributed by atoms with E-state index < -0.39 is 66.7 Å². The van der Waals surface area contributed by atoms with Crippen LogP contribution in [0.2, 0.25) is 0 Å². The van der Waals surface area contributed by atoms with Crippen molar-refractivity contribution in [2.24, 2.45) is 28.1 Å². The van der Waals surface area contributed by atoms with Gasteiger partial charge in [-0.2, -0.15) is 0 Å². The molecule has 0 unspecified atom stereocenters. The summed E-state index contributed by atoms with van der Waals surface area (Å²) in [5.74, 6) is -3.28. The summed E-state index contributed by atoms with van der Waals surface area (Å²) < 4.78 is 10.2. The Kier molecular flexibility index (Phi) is 7.01. The molecule has 1 rings (SSSR count). The van der Waals surface area contributed by atoms with Gasteiger partial charge in [0, 0.05) is 12.5 Å². The summed E-state index contributed by atoms with van der Waals surface area (Å²) >= 11 is 0. The number of aliphatic hydroxyl groups excluding tert-OH is 1. The third kappa shape index (κ3) is 5.41. The van der Waals surface area contributed by atoms with Crippen molar-refractivity contribution in [3.63, 3.8) is 0 Å². The van der Waals surface area contributed by atoms with Crippen molar-refractivity contribution >= 4 is 24.1 Å². The number of aliphatic carboxylic acids is 1. The van der Waals surface area contributed by atoms with Crippen LogP contribution in [0.5, 0.6) is 0 Å². The monoisotopic (exact) mass is 375 g/mol. The van der Waals surface area contributed by atoms with Crippen molar-refractivity contribution in [2.45, 2.75) is 31.2 Å². The maximum Gasteiger partial charge on any atom is 0.405 e. The van der Waals surface area contributed by atoms with Crippen LogP contribution in [0.1, 0.15) is 6.92 Å². The van der Waals surface area contributed by atoms with E-state index in [4.69, 9.17) is 31.8 Å². The Bertz CT molecular complexity index is 618. The summed E-state index contributed by atoms with van der Waals surface area (Å²) in [5.41, 5.74) is 15.6. The molecule has 146 valence electrons. The number of nitrogens with one attached hydrogen (secondary N) is 1. The predicted octanol–water partition coefficient (Wildman–Crippen LogP) is -2.28. The van der Waals surface area contributed by atoms with E-state index in [-0.39, 0.29) is 0 Å². The van der Waals surface area contributed by atoms with Crippen molar-refractivity contribution in [3.05, 3.63) is 11.8 Å². The molecule has 2 amide bonds. The molecule has 0 aliphatic carbocycles. The maximum atomic E-state index is 11.3. The normalized spacial score (nSPS) is 24.2. The number of nitrogens with two attached hydrogens (primary N) is 3. The number of guanidine groups is 1. The fourth-order valence-electron chi connectivity index (χ4n) is 2.45. The van der Waals surface area contributed by atoms with Gasteiger partial charge in [-0.25, -0.2) is 19.4 Å². The third-order valence-electron chi connectivity index (χ3n) is 3.53. The molecule has 0 aromatic rings. The number of hydrogen-bond acceptors (Lipinski definition) is 7. The lowest BCUT2D eigenvalue weighted by molar-refractivity contribution is -0.142. The molecule has 0 aromatic heterocycles. The molecular formula is C13H21N5O8. The number of aliphatic hydroxyl groups is 1. The molecule has 1 aliphatic rings. The summed E-state index contributed by atoms with van der Waals surface area (Å²) in [5, 5.41) is 29.8. The Labute approximate surface area is 147 Å². The lowest BCUT2D eigenvalue weighted by Crippen LogP contribution is -2.59. The van der Waals surface area contributed by atoms with Gasteiger partial charge in [-0.05, 0) is 6.08 Å². The molecule has 0 spiro atoms. The Balaban J connectivity index is 3.43. The van der Waals surface area contributed by atoms with Gasteiger partial charge in [0.15, 0.2) is 12.1 Å². The Hall–Kier alpha value is -3.22. The van der Waals surface area contributed by atoms with Crippen LogP contribution in [0.25, 0.3) is 0 Å². The fourth-order valence-corrected chi connectivity index (χ4v) is 2.45. The van der Waals surface area contributed by atoms with Gasteiger partial charge in [-0.3, -0.25) is 0 Å². The predicted molar refractivity (Wildman–Crippen MR) is 85.8 cm³/mol. The van der Waals surface area contributed by atoms with Gasteiger partial charge >= 0.3 is 18.2 Å². The molecule has 10 N–H and O–H groups in total. The zero-order valence-electron chi connectivity index (χ0n) is 13.7. The van der Waals surface area contributed by atoms with E-state index in [1.807, 2.05) is 0 Å². The number of carbonyl (C=O) groups excluding carboxylic acids is 1. The third-order valence-corrected chi connectivity index (χ3v) is 3.53. The molecule has 26 heavy (non-hydrogen) atoms. The number of hydrogen-bond donors (Lipinski definition) is 7. The first-order valence-corrected chi connectivity index (χ1v) is 7.33. The molecule has 0 aromatic carbocycles. The van der Waals surface area contributed by atoms with Crippen molar-refractivity contribution in [1.29, 1.82) is 0 Å².